The van der Waals surface area contributed by atoms with Crippen LogP contribution in [0.2, 0.25) is 0 Å². The minimum absolute atomic E-state index is 0.118. The van der Waals surface area contributed by atoms with Crippen LogP contribution in [-0.2, 0) is 11.2 Å². The number of benzene rings is 1. The Kier molecular flexibility index (Phi) is 5.14. The van der Waals surface area contributed by atoms with Gasteiger partial charge in [-0.1, -0.05) is 18.2 Å². The molecule has 3 rings (SSSR count). The first kappa shape index (κ1) is 17.2. The Morgan fingerprint density at radius 1 is 1.32 bits per heavy atom. The molecular formula is C18H20N4O2S. The number of nitrogens with zero attached hydrogens (tertiary/aromatic N) is 1. The van der Waals surface area contributed by atoms with Crippen molar-refractivity contribution >= 4 is 34.1 Å². The Morgan fingerprint density at radius 2 is 2.12 bits per heavy atom. The van der Waals surface area contributed by atoms with Gasteiger partial charge in [0.2, 0.25) is 5.91 Å². The van der Waals surface area contributed by atoms with E-state index in [4.69, 9.17) is 0 Å². The highest BCUT2D eigenvalue weighted by Gasteiger charge is 2.15. The molecule has 130 valence electrons. The summed E-state index contributed by atoms with van der Waals surface area (Å²) in [5, 5.41) is 9.28. The molecule has 0 spiro atoms. The Morgan fingerprint density at radius 3 is 2.92 bits per heavy atom. The summed E-state index contributed by atoms with van der Waals surface area (Å²) in [4.78, 5) is 30.9. The third-order valence-electron chi connectivity index (χ3n) is 3.90. The minimum Gasteiger partial charge on any atom is -0.361 e. The van der Waals surface area contributed by atoms with Crippen molar-refractivity contribution in [1.29, 1.82) is 0 Å². The summed E-state index contributed by atoms with van der Waals surface area (Å²) < 4.78 is 0. The van der Waals surface area contributed by atoms with Crippen LogP contribution in [0.15, 0.2) is 35.8 Å². The number of rotatable bonds is 6. The molecule has 1 aromatic carbocycles. The molecule has 2 aromatic heterocycles. The van der Waals surface area contributed by atoms with Crippen LogP contribution in [0.1, 0.15) is 40.9 Å². The molecule has 1 atom stereocenters. The lowest BCUT2D eigenvalue weighted by Crippen LogP contribution is -2.26. The van der Waals surface area contributed by atoms with Gasteiger partial charge in [-0.25, -0.2) is 4.98 Å². The van der Waals surface area contributed by atoms with Gasteiger partial charge in [0.25, 0.3) is 5.91 Å². The predicted octanol–water partition coefficient (Wildman–Crippen LogP) is 2.79. The SMILES string of the molecule is CC(=O)NC(C)c1nc(C(=O)NCCc2c[nH]c3ccccc23)cs1. The molecule has 2 heterocycles. The van der Waals surface area contributed by atoms with E-state index in [0.29, 0.717) is 12.2 Å². The maximum Gasteiger partial charge on any atom is 0.270 e. The zero-order chi connectivity index (χ0) is 17.8. The monoisotopic (exact) mass is 356 g/mol. The fraction of sp³-hybridized carbons (Fsp3) is 0.278. The molecule has 3 aromatic rings. The maximum atomic E-state index is 12.2. The summed E-state index contributed by atoms with van der Waals surface area (Å²) in [5.74, 6) is -0.315. The number of hydrogen-bond acceptors (Lipinski definition) is 4. The summed E-state index contributed by atoms with van der Waals surface area (Å²) in [6.07, 6.45) is 2.72. The number of aromatic nitrogens is 2. The average Bonchev–Trinajstić information content (AvgIpc) is 3.21. The molecular weight excluding hydrogens is 336 g/mol. The maximum absolute atomic E-state index is 12.2. The first-order valence-corrected chi connectivity index (χ1v) is 8.98. The Labute approximate surface area is 149 Å². The third kappa shape index (κ3) is 4.06. The van der Waals surface area contributed by atoms with Gasteiger partial charge in [-0.3, -0.25) is 9.59 Å². The minimum atomic E-state index is -0.199. The number of nitrogens with one attached hydrogen (secondary N) is 3. The van der Waals surface area contributed by atoms with Gasteiger partial charge in [-0.15, -0.1) is 11.3 Å². The molecule has 0 saturated heterocycles. The van der Waals surface area contributed by atoms with E-state index in [0.717, 1.165) is 16.9 Å². The second kappa shape index (κ2) is 7.48. The van der Waals surface area contributed by atoms with E-state index >= 15 is 0 Å². The molecule has 0 aliphatic rings. The number of fused-ring (bicyclic) bond motifs is 1. The first-order valence-electron chi connectivity index (χ1n) is 8.10. The van der Waals surface area contributed by atoms with E-state index in [1.807, 2.05) is 31.3 Å². The second-order valence-corrected chi connectivity index (χ2v) is 6.75. The molecule has 6 nitrogen and oxygen atoms in total. The fourth-order valence-electron chi connectivity index (χ4n) is 2.70. The van der Waals surface area contributed by atoms with Crippen molar-refractivity contribution in [2.45, 2.75) is 26.3 Å². The van der Waals surface area contributed by atoms with Crippen LogP contribution >= 0.6 is 11.3 Å². The average molecular weight is 356 g/mol. The van der Waals surface area contributed by atoms with E-state index in [2.05, 4.69) is 26.7 Å². The van der Waals surface area contributed by atoms with E-state index in [9.17, 15) is 9.59 Å². The van der Waals surface area contributed by atoms with Gasteiger partial charge in [0.15, 0.2) is 0 Å². The van der Waals surface area contributed by atoms with Gasteiger partial charge in [0.05, 0.1) is 6.04 Å². The lowest BCUT2D eigenvalue weighted by atomic mass is 10.1. The van der Waals surface area contributed by atoms with Gasteiger partial charge >= 0.3 is 0 Å². The number of hydrogen-bond donors (Lipinski definition) is 3. The molecule has 0 aliphatic heterocycles. The molecule has 3 N–H and O–H groups in total. The van der Waals surface area contributed by atoms with Crippen molar-refractivity contribution in [1.82, 2.24) is 20.6 Å². The van der Waals surface area contributed by atoms with E-state index in [1.165, 1.54) is 29.2 Å². The number of carbonyl (C=O) groups excluding carboxylic acids is 2. The van der Waals surface area contributed by atoms with Crippen LogP contribution in [0.3, 0.4) is 0 Å². The lowest BCUT2D eigenvalue weighted by molar-refractivity contribution is -0.119. The quantitative estimate of drug-likeness (QED) is 0.635. The highest BCUT2D eigenvalue weighted by Crippen LogP contribution is 2.19. The van der Waals surface area contributed by atoms with Crippen LogP contribution in [0.25, 0.3) is 10.9 Å². The molecule has 0 bridgehead atoms. The highest BCUT2D eigenvalue weighted by molar-refractivity contribution is 7.09. The van der Waals surface area contributed by atoms with Crippen LogP contribution in [0, 0.1) is 0 Å². The number of aromatic amines is 1. The largest absolute Gasteiger partial charge is 0.361 e. The zero-order valence-electron chi connectivity index (χ0n) is 14.1. The third-order valence-corrected chi connectivity index (χ3v) is 4.93. The number of H-pyrrole nitrogens is 1. The number of thiazole rings is 1. The van der Waals surface area contributed by atoms with Gasteiger partial charge in [-0.05, 0) is 25.0 Å². The molecule has 0 aliphatic carbocycles. The van der Waals surface area contributed by atoms with E-state index < -0.39 is 0 Å². The number of amides is 2. The highest BCUT2D eigenvalue weighted by atomic mass is 32.1. The summed E-state index contributed by atoms with van der Waals surface area (Å²) in [5.41, 5.74) is 2.66. The van der Waals surface area contributed by atoms with Crippen molar-refractivity contribution in [3.63, 3.8) is 0 Å². The van der Waals surface area contributed by atoms with Crippen LogP contribution in [0.5, 0.6) is 0 Å². The van der Waals surface area contributed by atoms with E-state index in [1.54, 1.807) is 5.38 Å². The molecule has 0 fully saturated rings. The molecule has 1 unspecified atom stereocenters. The standard InChI is InChI=1S/C18H20N4O2S/c1-11(21-12(2)23)18-22-16(10-25-18)17(24)19-8-7-13-9-20-15-6-4-3-5-14(13)15/h3-6,9-11,20H,7-8H2,1-2H3,(H,19,24)(H,21,23). The van der Waals surface area contributed by atoms with Crippen molar-refractivity contribution in [2.75, 3.05) is 6.54 Å². The number of para-hydroxylation sites is 1. The molecule has 2 amide bonds. The van der Waals surface area contributed by atoms with Gasteiger partial charge in [-0.2, -0.15) is 0 Å². The first-order chi connectivity index (χ1) is 12.0. The smallest absolute Gasteiger partial charge is 0.270 e. The summed E-state index contributed by atoms with van der Waals surface area (Å²) in [6.45, 7) is 3.84. The molecule has 0 saturated carbocycles. The summed E-state index contributed by atoms with van der Waals surface area (Å²) in [7, 11) is 0. The summed E-state index contributed by atoms with van der Waals surface area (Å²) in [6, 6.07) is 7.90. The van der Waals surface area contributed by atoms with Gasteiger partial charge < -0.3 is 15.6 Å². The lowest BCUT2D eigenvalue weighted by Gasteiger charge is -2.08. The van der Waals surface area contributed by atoms with Crippen molar-refractivity contribution in [3.05, 3.63) is 52.1 Å². The normalized spacial score (nSPS) is 12.1. The number of carbonyl (C=O) groups is 2. The van der Waals surface area contributed by atoms with Gasteiger partial charge in [0.1, 0.15) is 10.7 Å². The van der Waals surface area contributed by atoms with Crippen molar-refractivity contribution < 1.29 is 9.59 Å². The molecule has 7 heteroatoms. The Hall–Kier alpha value is -2.67. The van der Waals surface area contributed by atoms with E-state index in [-0.39, 0.29) is 17.9 Å². The predicted molar refractivity (Wildman–Crippen MR) is 98.7 cm³/mol. The molecule has 0 radical (unpaired) electrons. The topological polar surface area (TPSA) is 86.9 Å². The Balaban J connectivity index is 1.56. The van der Waals surface area contributed by atoms with Crippen LogP contribution in [0.4, 0.5) is 0 Å². The zero-order valence-corrected chi connectivity index (χ0v) is 14.9. The summed E-state index contributed by atoms with van der Waals surface area (Å²) >= 11 is 1.37. The van der Waals surface area contributed by atoms with Crippen LogP contribution in [-0.4, -0.2) is 28.3 Å². The Bertz CT molecular complexity index is 899. The van der Waals surface area contributed by atoms with Crippen molar-refractivity contribution in [3.8, 4) is 0 Å². The van der Waals surface area contributed by atoms with Crippen molar-refractivity contribution in [2.24, 2.45) is 0 Å². The van der Waals surface area contributed by atoms with Crippen LogP contribution < -0.4 is 10.6 Å². The van der Waals surface area contributed by atoms with Gasteiger partial charge in [0, 0.05) is 35.9 Å². The molecule has 25 heavy (non-hydrogen) atoms. The fourth-order valence-corrected chi connectivity index (χ4v) is 3.50. The second-order valence-electron chi connectivity index (χ2n) is 5.86.